The molecule has 2 rings (SSSR count). The average Bonchev–Trinajstić information content (AvgIpc) is 2.50. The Morgan fingerprint density at radius 1 is 1.29 bits per heavy atom. The van der Waals surface area contributed by atoms with Gasteiger partial charge >= 0.3 is 0 Å². The van der Waals surface area contributed by atoms with Gasteiger partial charge in [-0.15, -0.1) is 0 Å². The lowest BCUT2D eigenvalue weighted by Gasteiger charge is -2.21. The zero-order valence-electron chi connectivity index (χ0n) is 12.5. The van der Waals surface area contributed by atoms with Gasteiger partial charge < -0.3 is 10.4 Å². The second-order valence-electron chi connectivity index (χ2n) is 5.46. The van der Waals surface area contributed by atoms with Crippen molar-refractivity contribution in [3.05, 3.63) is 23.8 Å². The van der Waals surface area contributed by atoms with E-state index in [1.165, 1.54) is 4.31 Å². The number of rotatable bonds is 7. The lowest BCUT2D eigenvalue weighted by Crippen LogP contribution is -2.28. The van der Waals surface area contributed by atoms with Crippen molar-refractivity contribution in [2.75, 3.05) is 32.1 Å². The van der Waals surface area contributed by atoms with Crippen LogP contribution in [0.5, 0.6) is 0 Å². The molecule has 1 aromatic carbocycles. The van der Waals surface area contributed by atoms with Crippen LogP contribution in [0.3, 0.4) is 0 Å². The predicted octanol–water partition coefficient (Wildman–Crippen LogP) is 1.83. The summed E-state index contributed by atoms with van der Waals surface area (Å²) in [5, 5.41) is 12.0. The molecule has 0 fully saturated rings. The molecule has 1 aliphatic heterocycles. The van der Waals surface area contributed by atoms with Gasteiger partial charge in [-0.05, 0) is 55.9 Å². The van der Waals surface area contributed by atoms with Gasteiger partial charge in [-0.2, -0.15) is 0 Å². The Morgan fingerprint density at radius 2 is 2.10 bits per heavy atom. The fourth-order valence-electron chi connectivity index (χ4n) is 2.53. The number of hydrogen-bond donors (Lipinski definition) is 2. The van der Waals surface area contributed by atoms with Crippen molar-refractivity contribution in [1.29, 1.82) is 0 Å². The van der Waals surface area contributed by atoms with Crippen molar-refractivity contribution in [2.24, 2.45) is 0 Å². The third kappa shape index (κ3) is 3.96. The van der Waals surface area contributed by atoms with E-state index in [-0.39, 0.29) is 6.61 Å². The van der Waals surface area contributed by atoms with E-state index in [0.29, 0.717) is 11.4 Å². The highest BCUT2D eigenvalue weighted by Crippen LogP contribution is 2.26. The average molecular weight is 312 g/mol. The van der Waals surface area contributed by atoms with Crippen LogP contribution in [-0.2, 0) is 16.4 Å². The van der Waals surface area contributed by atoms with E-state index < -0.39 is 10.0 Å². The molecule has 0 unspecified atom stereocenters. The minimum atomic E-state index is -3.42. The molecular weight excluding hydrogens is 288 g/mol. The molecule has 1 heterocycles. The molecule has 118 valence electrons. The summed E-state index contributed by atoms with van der Waals surface area (Å²) in [4.78, 5) is 0.370. The molecule has 0 saturated heterocycles. The summed E-state index contributed by atoms with van der Waals surface area (Å²) in [6.07, 6.45) is 4.28. The number of anilines is 1. The van der Waals surface area contributed by atoms with E-state index in [9.17, 15) is 8.42 Å². The first-order valence-corrected chi connectivity index (χ1v) is 8.93. The molecular formula is C15H24N2O3S. The van der Waals surface area contributed by atoms with Gasteiger partial charge in [0.05, 0.1) is 4.90 Å². The summed E-state index contributed by atoms with van der Waals surface area (Å²) in [5.41, 5.74) is 2.13. The van der Waals surface area contributed by atoms with Gasteiger partial charge in [0.1, 0.15) is 0 Å². The highest BCUT2D eigenvalue weighted by Gasteiger charge is 2.22. The van der Waals surface area contributed by atoms with Crippen molar-refractivity contribution >= 4 is 15.7 Å². The molecule has 0 aromatic heterocycles. The molecule has 0 radical (unpaired) electrons. The quantitative estimate of drug-likeness (QED) is 0.754. The molecule has 0 bridgehead atoms. The van der Waals surface area contributed by atoms with Crippen molar-refractivity contribution in [3.63, 3.8) is 0 Å². The zero-order chi connectivity index (χ0) is 15.3. The number of sulfonamides is 1. The number of aryl methyl sites for hydroxylation is 1. The van der Waals surface area contributed by atoms with Crippen molar-refractivity contribution < 1.29 is 13.5 Å². The summed E-state index contributed by atoms with van der Waals surface area (Å²) in [7, 11) is -1.80. The van der Waals surface area contributed by atoms with Crippen LogP contribution in [0.2, 0.25) is 0 Å². The van der Waals surface area contributed by atoms with Gasteiger partial charge in [0.25, 0.3) is 0 Å². The van der Waals surface area contributed by atoms with Crippen LogP contribution < -0.4 is 5.32 Å². The molecule has 0 spiro atoms. The Balaban J connectivity index is 2.08. The summed E-state index contributed by atoms with van der Waals surface area (Å²) in [6, 6.07) is 5.33. The van der Waals surface area contributed by atoms with Gasteiger partial charge in [0.2, 0.25) is 10.0 Å². The largest absolute Gasteiger partial charge is 0.396 e. The van der Waals surface area contributed by atoms with Crippen LogP contribution in [0.1, 0.15) is 31.2 Å². The van der Waals surface area contributed by atoms with Crippen molar-refractivity contribution in [2.45, 2.75) is 37.0 Å². The van der Waals surface area contributed by atoms with Crippen LogP contribution in [0.25, 0.3) is 0 Å². The highest BCUT2D eigenvalue weighted by molar-refractivity contribution is 7.89. The summed E-state index contributed by atoms with van der Waals surface area (Å²) in [6.45, 7) is 1.59. The van der Waals surface area contributed by atoms with E-state index in [2.05, 4.69) is 5.32 Å². The highest BCUT2D eigenvalue weighted by atomic mass is 32.2. The van der Waals surface area contributed by atoms with E-state index in [0.717, 1.165) is 49.9 Å². The fraction of sp³-hybridized carbons (Fsp3) is 0.600. The van der Waals surface area contributed by atoms with Gasteiger partial charge in [-0.25, -0.2) is 12.7 Å². The molecule has 1 aliphatic rings. The van der Waals surface area contributed by atoms with Crippen LogP contribution in [0.15, 0.2) is 23.1 Å². The Morgan fingerprint density at radius 3 is 2.86 bits per heavy atom. The van der Waals surface area contributed by atoms with E-state index in [4.69, 9.17) is 5.11 Å². The van der Waals surface area contributed by atoms with Crippen molar-refractivity contribution in [3.8, 4) is 0 Å². The second-order valence-corrected chi connectivity index (χ2v) is 7.51. The number of fused-ring (bicyclic) bond motifs is 1. The molecule has 0 atom stereocenters. The van der Waals surface area contributed by atoms with Crippen LogP contribution in [0, 0.1) is 0 Å². The van der Waals surface area contributed by atoms with Gasteiger partial charge in [0, 0.05) is 32.4 Å². The molecule has 5 nitrogen and oxygen atoms in total. The minimum Gasteiger partial charge on any atom is -0.396 e. The number of nitrogens with zero attached hydrogens (tertiary/aromatic N) is 1. The number of hydrogen-bond acceptors (Lipinski definition) is 4. The fourth-order valence-corrected chi connectivity index (χ4v) is 3.80. The Labute approximate surface area is 127 Å². The molecule has 0 aliphatic carbocycles. The molecule has 2 N–H and O–H groups in total. The lowest BCUT2D eigenvalue weighted by atomic mass is 10.0. The lowest BCUT2D eigenvalue weighted by molar-refractivity contribution is 0.281. The maximum absolute atomic E-state index is 12.5. The van der Waals surface area contributed by atoms with E-state index >= 15 is 0 Å². The normalized spacial score (nSPS) is 14.8. The van der Waals surface area contributed by atoms with Gasteiger partial charge in [-0.1, -0.05) is 0 Å². The Kier molecular flexibility index (Phi) is 5.61. The number of aliphatic hydroxyl groups excluding tert-OH is 1. The third-order valence-corrected chi connectivity index (χ3v) is 5.71. The number of unbranched alkanes of at least 4 members (excludes halogenated alkanes) is 2. The minimum absolute atomic E-state index is 0.161. The van der Waals surface area contributed by atoms with Gasteiger partial charge in [-0.3, -0.25) is 0 Å². The smallest absolute Gasteiger partial charge is 0.242 e. The first-order valence-electron chi connectivity index (χ1n) is 7.49. The Bertz CT molecular complexity index is 572. The zero-order valence-corrected chi connectivity index (χ0v) is 13.3. The molecule has 21 heavy (non-hydrogen) atoms. The van der Waals surface area contributed by atoms with E-state index in [1.54, 1.807) is 19.2 Å². The predicted molar refractivity (Wildman–Crippen MR) is 84.0 cm³/mol. The third-order valence-electron chi connectivity index (χ3n) is 3.85. The molecule has 0 amide bonds. The van der Waals surface area contributed by atoms with Crippen LogP contribution in [0.4, 0.5) is 5.69 Å². The van der Waals surface area contributed by atoms with Crippen LogP contribution >= 0.6 is 0 Å². The summed E-state index contributed by atoms with van der Waals surface area (Å²) < 4.78 is 26.5. The number of aliphatic hydroxyl groups is 1. The first kappa shape index (κ1) is 16.3. The topological polar surface area (TPSA) is 69.6 Å². The van der Waals surface area contributed by atoms with Crippen LogP contribution in [-0.4, -0.2) is 44.6 Å². The molecule has 1 aromatic rings. The van der Waals surface area contributed by atoms with E-state index in [1.807, 2.05) is 6.07 Å². The summed E-state index contributed by atoms with van der Waals surface area (Å²) in [5.74, 6) is 0. The first-order chi connectivity index (χ1) is 10.1. The number of benzene rings is 1. The molecule has 0 saturated carbocycles. The SMILES string of the molecule is CN(CCCCCO)S(=O)(=O)c1ccc2c(c1)CCCN2. The monoisotopic (exact) mass is 312 g/mol. The molecule has 6 heteroatoms. The second kappa shape index (κ2) is 7.24. The summed E-state index contributed by atoms with van der Waals surface area (Å²) >= 11 is 0. The van der Waals surface area contributed by atoms with Gasteiger partial charge in [0.15, 0.2) is 0 Å². The number of nitrogens with one attached hydrogen (secondary N) is 1. The van der Waals surface area contributed by atoms with Crippen molar-refractivity contribution in [1.82, 2.24) is 4.31 Å². The standard InChI is InChI=1S/C15H24N2O3S/c1-17(10-3-2-4-11-18)21(19,20)14-7-8-15-13(12-14)6-5-9-16-15/h7-8,12,16,18H,2-6,9-11H2,1H3. The maximum atomic E-state index is 12.5. The Hall–Kier alpha value is -1.11. The maximum Gasteiger partial charge on any atom is 0.242 e.